The Morgan fingerprint density at radius 1 is 0.882 bits per heavy atom. The van der Waals surface area contributed by atoms with Gasteiger partial charge in [-0.05, 0) is 24.1 Å². The Balaban J connectivity index is 0. The van der Waals surface area contributed by atoms with Crippen LogP contribution < -0.4 is 9.47 Å². The smallest absolute Gasteiger partial charge is 0.160 e. The van der Waals surface area contributed by atoms with Crippen LogP contribution in [0, 0.1) is 0 Å². The van der Waals surface area contributed by atoms with E-state index in [2.05, 4.69) is 13.0 Å². The topological polar surface area (TPSA) is 18.5 Å². The SMILES string of the molecule is CC.CC.CCCc1ccc(OC)c(OC)c1. The number of aryl methyl sites for hydroxylation is 1. The van der Waals surface area contributed by atoms with Crippen LogP contribution in [0.2, 0.25) is 0 Å². The zero-order valence-electron chi connectivity index (χ0n) is 12.5. The van der Waals surface area contributed by atoms with Gasteiger partial charge in [0.1, 0.15) is 0 Å². The first-order valence-electron chi connectivity index (χ1n) is 6.52. The molecule has 0 fully saturated rings. The van der Waals surface area contributed by atoms with E-state index in [-0.39, 0.29) is 0 Å². The summed E-state index contributed by atoms with van der Waals surface area (Å²) in [5.41, 5.74) is 1.29. The molecule has 0 atom stereocenters. The fourth-order valence-corrected chi connectivity index (χ4v) is 1.32. The van der Waals surface area contributed by atoms with Crippen LogP contribution in [0.4, 0.5) is 0 Å². The van der Waals surface area contributed by atoms with Gasteiger partial charge < -0.3 is 9.47 Å². The maximum Gasteiger partial charge on any atom is 0.160 e. The summed E-state index contributed by atoms with van der Waals surface area (Å²) in [6, 6.07) is 6.05. The van der Waals surface area contributed by atoms with Crippen molar-refractivity contribution in [2.24, 2.45) is 0 Å². The van der Waals surface area contributed by atoms with E-state index < -0.39 is 0 Å². The highest BCUT2D eigenvalue weighted by Crippen LogP contribution is 2.27. The first kappa shape index (κ1) is 18.2. The number of rotatable bonds is 4. The summed E-state index contributed by atoms with van der Waals surface area (Å²) in [7, 11) is 3.31. The molecule has 100 valence electrons. The van der Waals surface area contributed by atoms with Gasteiger partial charge in [-0.3, -0.25) is 0 Å². The highest BCUT2D eigenvalue weighted by molar-refractivity contribution is 5.42. The molecule has 2 nitrogen and oxygen atoms in total. The van der Waals surface area contributed by atoms with Crippen molar-refractivity contribution in [1.82, 2.24) is 0 Å². The van der Waals surface area contributed by atoms with Gasteiger partial charge in [0, 0.05) is 0 Å². The molecule has 0 bridgehead atoms. The van der Waals surface area contributed by atoms with E-state index in [1.807, 2.05) is 39.8 Å². The summed E-state index contributed by atoms with van der Waals surface area (Å²) in [5, 5.41) is 0. The Labute approximate surface area is 107 Å². The third kappa shape index (κ3) is 6.88. The van der Waals surface area contributed by atoms with Crippen LogP contribution in [-0.2, 0) is 6.42 Å². The van der Waals surface area contributed by atoms with Crippen molar-refractivity contribution in [3.8, 4) is 11.5 Å². The Morgan fingerprint density at radius 3 is 1.82 bits per heavy atom. The summed E-state index contributed by atoms with van der Waals surface area (Å²) in [6.07, 6.45) is 2.23. The minimum atomic E-state index is 0.794. The molecule has 0 radical (unpaired) electrons. The normalized spacial score (nSPS) is 8.18. The van der Waals surface area contributed by atoms with E-state index in [1.165, 1.54) is 5.56 Å². The second kappa shape index (κ2) is 12.9. The van der Waals surface area contributed by atoms with Crippen LogP contribution in [0.25, 0.3) is 0 Å². The van der Waals surface area contributed by atoms with Crippen LogP contribution in [0.3, 0.4) is 0 Å². The molecular formula is C15H28O2. The zero-order valence-corrected chi connectivity index (χ0v) is 12.5. The summed E-state index contributed by atoms with van der Waals surface area (Å²) in [4.78, 5) is 0. The van der Waals surface area contributed by atoms with E-state index in [1.54, 1.807) is 14.2 Å². The standard InChI is InChI=1S/C11H16O2.2C2H6/c1-4-5-9-6-7-10(12-2)11(8-9)13-3;2*1-2/h6-8H,4-5H2,1-3H3;2*1-2H3. The lowest BCUT2D eigenvalue weighted by Crippen LogP contribution is -1.92. The van der Waals surface area contributed by atoms with Crippen LogP contribution in [0.1, 0.15) is 46.6 Å². The van der Waals surface area contributed by atoms with E-state index in [0.29, 0.717) is 0 Å². The van der Waals surface area contributed by atoms with Crippen molar-refractivity contribution < 1.29 is 9.47 Å². The molecule has 17 heavy (non-hydrogen) atoms. The maximum atomic E-state index is 5.20. The molecule has 0 heterocycles. The Morgan fingerprint density at radius 2 is 1.41 bits per heavy atom. The number of methoxy groups -OCH3 is 2. The molecule has 1 aromatic carbocycles. The van der Waals surface area contributed by atoms with Crippen molar-refractivity contribution in [1.29, 1.82) is 0 Å². The highest BCUT2D eigenvalue weighted by atomic mass is 16.5. The Bertz CT molecular complexity index is 270. The molecule has 0 aliphatic heterocycles. The molecule has 0 N–H and O–H groups in total. The van der Waals surface area contributed by atoms with Crippen molar-refractivity contribution in [3.63, 3.8) is 0 Å². The van der Waals surface area contributed by atoms with Gasteiger partial charge in [-0.1, -0.05) is 47.1 Å². The molecule has 1 rings (SSSR count). The molecule has 0 aliphatic carbocycles. The summed E-state index contributed by atoms with van der Waals surface area (Å²) < 4.78 is 10.3. The molecule has 0 unspecified atom stereocenters. The van der Waals surface area contributed by atoms with Gasteiger partial charge >= 0.3 is 0 Å². The lowest BCUT2D eigenvalue weighted by atomic mass is 10.1. The minimum absolute atomic E-state index is 0.794. The van der Waals surface area contributed by atoms with Gasteiger partial charge in [-0.2, -0.15) is 0 Å². The quantitative estimate of drug-likeness (QED) is 0.759. The summed E-state index contributed by atoms with van der Waals surface area (Å²) in [6.45, 7) is 10.2. The van der Waals surface area contributed by atoms with Gasteiger partial charge in [0.05, 0.1) is 14.2 Å². The lowest BCUT2D eigenvalue weighted by molar-refractivity contribution is 0.354. The first-order chi connectivity index (χ1) is 8.31. The fourth-order valence-electron chi connectivity index (χ4n) is 1.32. The average molecular weight is 240 g/mol. The number of ether oxygens (including phenoxy) is 2. The van der Waals surface area contributed by atoms with Crippen molar-refractivity contribution in [2.45, 2.75) is 47.5 Å². The molecule has 1 aromatic rings. The second-order valence-electron chi connectivity index (χ2n) is 2.94. The molecule has 0 spiro atoms. The summed E-state index contributed by atoms with van der Waals surface area (Å²) in [5.74, 6) is 1.61. The van der Waals surface area contributed by atoms with E-state index in [0.717, 1.165) is 24.3 Å². The summed E-state index contributed by atoms with van der Waals surface area (Å²) >= 11 is 0. The van der Waals surface area contributed by atoms with Crippen molar-refractivity contribution >= 4 is 0 Å². The number of benzene rings is 1. The highest BCUT2D eigenvalue weighted by Gasteiger charge is 2.03. The van der Waals surface area contributed by atoms with Gasteiger partial charge in [0.2, 0.25) is 0 Å². The Kier molecular flexibility index (Phi) is 13.8. The van der Waals surface area contributed by atoms with Gasteiger partial charge in [0.15, 0.2) is 11.5 Å². The number of hydrogen-bond donors (Lipinski definition) is 0. The monoisotopic (exact) mass is 240 g/mol. The van der Waals surface area contributed by atoms with E-state index in [9.17, 15) is 0 Å². The third-order valence-corrected chi connectivity index (χ3v) is 1.99. The predicted octanol–water partition coefficient (Wildman–Crippen LogP) is 4.71. The van der Waals surface area contributed by atoms with Crippen LogP contribution in [-0.4, -0.2) is 14.2 Å². The molecule has 0 saturated carbocycles. The molecule has 0 amide bonds. The molecular weight excluding hydrogens is 212 g/mol. The average Bonchev–Trinajstić information content (AvgIpc) is 2.43. The molecule has 0 aromatic heterocycles. The van der Waals surface area contributed by atoms with Crippen LogP contribution in [0.5, 0.6) is 11.5 Å². The number of hydrogen-bond acceptors (Lipinski definition) is 2. The predicted molar refractivity (Wildman–Crippen MR) is 76.2 cm³/mol. The van der Waals surface area contributed by atoms with Crippen molar-refractivity contribution in [2.75, 3.05) is 14.2 Å². The Hall–Kier alpha value is -1.18. The van der Waals surface area contributed by atoms with Gasteiger partial charge in [-0.25, -0.2) is 0 Å². The third-order valence-electron chi connectivity index (χ3n) is 1.99. The molecule has 0 aliphatic rings. The molecule has 0 saturated heterocycles. The van der Waals surface area contributed by atoms with Crippen molar-refractivity contribution in [3.05, 3.63) is 23.8 Å². The van der Waals surface area contributed by atoms with Crippen LogP contribution >= 0.6 is 0 Å². The first-order valence-corrected chi connectivity index (χ1v) is 6.52. The fraction of sp³-hybridized carbons (Fsp3) is 0.600. The second-order valence-corrected chi connectivity index (χ2v) is 2.94. The lowest BCUT2D eigenvalue weighted by Gasteiger charge is -2.08. The molecule has 2 heteroatoms. The van der Waals surface area contributed by atoms with Gasteiger partial charge in [-0.15, -0.1) is 0 Å². The minimum Gasteiger partial charge on any atom is -0.493 e. The maximum absolute atomic E-state index is 5.20. The van der Waals surface area contributed by atoms with Gasteiger partial charge in [0.25, 0.3) is 0 Å². The van der Waals surface area contributed by atoms with E-state index in [4.69, 9.17) is 9.47 Å². The van der Waals surface area contributed by atoms with E-state index >= 15 is 0 Å². The zero-order chi connectivity index (χ0) is 13.7. The van der Waals surface area contributed by atoms with Crippen LogP contribution in [0.15, 0.2) is 18.2 Å². The largest absolute Gasteiger partial charge is 0.493 e.